The van der Waals surface area contributed by atoms with E-state index in [0.717, 1.165) is 116 Å². The van der Waals surface area contributed by atoms with Crippen LogP contribution in [-0.2, 0) is 42.1 Å². The van der Waals surface area contributed by atoms with Crippen molar-refractivity contribution in [2.75, 3.05) is 70.7 Å². The molecule has 1 aromatic carbocycles. The highest BCUT2D eigenvalue weighted by Crippen LogP contribution is 2.41. The van der Waals surface area contributed by atoms with Crippen LogP contribution in [0.15, 0.2) is 34.7 Å². The summed E-state index contributed by atoms with van der Waals surface area (Å²) in [6.07, 6.45) is 12.8. The van der Waals surface area contributed by atoms with E-state index in [9.17, 15) is 9.59 Å². The number of nitrogen functional groups attached to an aromatic ring is 1. The Morgan fingerprint density at radius 1 is 0.772 bits per heavy atom. The molecule has 2 saturated heterocycles. The normalized spacial score (nSPS) is 19.0. The summed E-state index contributed by atoms with van der Waals surface area (Å²) in [6.45, 7) is 7.74. The molecule has 298 valence electrons. The van der Waals surface area contributed by atoms with Crippen molar-refractivity contribution >= 4 is 90.2 Å². The predicted molar refractivity (Wildman–Crippen MR) is 231 cm³/mol. The number of carbonyl (C=O) groups is 2. The number of aromatic nitrogens is 4. The van der Waals surface area contributed by atoms with Crippen molar-refractivity contribution in [1.29, 1.82) is 0 Å². The highest BCUT2D eigenvalue weighted by Gasteiger charge is 2.33. The summed E-state index contributed by atoms with van der Waals surface area (Å²) < 4.78 is 0. The molecule has 2 fully saturated rings. The van der Waals surface area contributed by atoms with Crippen LogP contribution < -0.4 is 11.1 Å². The van der Waals surface area contributed by atoms with Crippen LogP contribution in [0.2, 0.25) is 0 Å². The second-order valence-corrected chi connectivity index (χ2v) is 18.9. The van der Waals surface area contributed by atoms with E-state index < -0.39 is 0 Å². The first-order valence-corrected chi connectivity index (χ1v) is 22.8. The first kappa shape index (κ1) is 38.3. The van der Waals surface area contributed by atoms with Crippen molar-refractivity contribution in [1.82, 2.24) is 39.5 Å². The highest BCUT2D eigenvalue weighted by atomic mass is 32.2. The van der Waals surface area contributed by atoms with Gasteiger partial charge in [-0.15, -0.1) is 34.4 Å². The van der Waals surface area contributed by atoms with E-state index >= 15 is 0 Å². The number of thioether (sulfide) groups is 1. The van der Waals surface area contributed by atoms with Gasteiger partial charge in [-0.3, -0.25) is 14.6 Å². The Labute approximate surface area is 345 Å². The van der Waals surface area contributed by atoms with Gasteiger partial charge in [0, 0.05) is 45.8 Å². The standard InChI is InChI=1S/C25H28N6OS2.C16H21N5OS/c1-30-6-3-15(4-7-30)25(32)31-8-5-18-21(13-31)34-24-22(18)23(27-14-28-24)29-19-9-16-11-26-12-17(16)10-20(19)33-2;1-20-5-2-10(3-6-20)16(22)21-7-4-11-12(8-21)23-15-13(11)14(17)18-9-19-15/h9-11,14-15H,3-8,12-13H2,1-2H3,(H,27,28,29);9-10H,2-8H2,1H3,(H2,17,18,19). The maximum atomic E-state index is 13.2. The molecule has 9 heterocycles. The van der Waals surface area contributed by atoms with Gasteiger partial charge in [0.2, 0.25) is 11.8 Å². The number of fused-ring (bicyclic) bond motifs is 7. The van der Waals surface area contributed by atoms with Crippen molar-refractivity contribution < 1.29 is 9.59 Å². The number of amides is 2. The van der Waals surface area contributed by atoms with Crippen LogP contribution in [0.5, 0.6) is 0 Å². The van der Waals surface area contributed by atoms with Gasteiger partial charge in [0.25, 0.3) is 0 Å². The maximum Gasteiger partial charge on any atom is 0.226 e. The van der Waals surface area contributed by atoms with E-state index in [1.807, 2.05) is 11.1 Å². The van der Waals surface area contributed by atoms with E-state index in [4.69, 9.17) is 5.73 Å². The molecule has 0 atom stereocenters. The molecule has 3 N–H and O–H groups in total. The first-order valence-electron chi connectivity index (χ1n) is 19.9. The van der Waals surface area contributed by atoms with Gasteiger partial charge >= 0.3 is 0 Å². The number of hydrogen-bond acceptors (Lipinski definition) is 14. The molecule has 5 aromatic rings. The molecule has 0 aliphatic carbocycles. The van der Waals surface area contributed by atoms with Crippen LogP contribution in [-0.4, -0.2) is 117 Å². The van der Waals surface area contributed by atoms with Crippen molar-refractivity contribution in [3.8, 4) is 0 Å². The molecular formula is C41H49N11O2S3. The Hall–Kier alpha value is -4.22. The van der Waals surface area contributed by atoms with E-state index in [0.29, 0.717) is 30.7 Å². The summed E-state index contributed by atoms with van der Waals surface area (Å²) in [5.74, 6) is 2.40. The molecule has 57 heavy (non-hydrogen) atoms. The summed E-state index contributed by atoms with van der Waals surface area (Å²) >= 11 is 5.08. The van der Waals surface area contributed by atoms with E-state index in [2.05, 4.69) is 77.4 Å². The van der Waals surface area contributed by atoms with Crippen LogP contribution in [0, 0.1) is 11.8 Å². The Morgan fingerprint density at radius 3 is 1.93 bits per heavy atom. The number of thiophene rings is 2. The van der Waals surface area contributed by atoms with E-state index in [1.54, 1.807) is 40.8 Å². The molecule has 13 nitrogen and oxygen atoms in total. The van der Waals surface area contributed by atoms with Gasteiger partial charge in [-0.2, -0.15) is 0 Å². The number of nitrogens with one attached hydrogen (secondary N) is 1. The average Bonchev–Trinajstić information content (AvgIpc) is 3.96. The molecular weight excluding hydrogens is 775 g/mol. The molecule has 0 bridgehead atoms. The number of carbonyl (C=O) groups excluding carboxylic acids is 2. The number of piperidine rings is 2. The molecule has 0 spiro atoms. The van der Waals surface area contributed by atoms with Gasteiger partial charge in [-0.1, -0.05) is 0 Å². The Bertz CT molecular complexity index is 2360. The SMILES string of the molecule is CN1CCC(C(=O)N2CCc3c(sc4ncnc(N)c34)C2)CC1.CSc1cc2c(cc1Nc1ncnc3sc4c(c13)CCN(C(=O)C1CCN(C)CC1)C4)C=NC2. The third-order valence-corrected chi connectivity index (χ3v) is 15.3. The van der Waals surface area contributed by atoms with E-state index in [1.165, 1.54) is 43.2 Å². The number of anilines is 3. The second kappa shape index (κ2) is 16.2. The molecule has 0 radical (unpaired) electrons. The van der Waals surface area contributed by atoms with Gasteiger partial charge in [-0.05, 0) is 119 Å². The number of nitrogens with two attached hydrogens (primary N) is 1. The zero-order valence-corrected chi connectivity index (χ0v) is 35.2. The Morgan fingerprint density at radius 2 is 1.33 bits per heavy atom. The molecule has 0 unspecified atom stereocenters. The van der Waals surface area contributed by atoms with Crippen LogP contribution in [0.25, 0.3) is 20.4 Å². The molecule has 2 amide bonds. The third-order valence-electron chi connectivity index (χ3n) is 12.3. The molecule has 5 aliphatic heterocycles. The minimum Gasteiger partial charge on any atom is -0.383 e. The van der Waals surface area contributed by atoms with Gasteiger partial charge in [0.15, 0.2) is 0 Å². The second-order valence-electron chi connectivity index (χ2n) is 15.9. The lowest BCUT2D eigenvalue weighted by molar-refractivity contribution is -0.138. The number of aliphatic imine (C=N–C) groups is 1. The van der Waals surface area contributed by atoms with E-state index in [-0.39, 0.29) is 11.8 Å². The average molecular weight is 824 g/mol. The molecule has 4 aromatic heterocycles. The summed E-state index contributed by atoms with van der Waals surface area (Å²) in [7, 11) is 4.26. The first-order chi connectivity index (χ1) is 27.7. The summed E-state index contributed by atoms with van der Waals surface area (Å²) in [5.41, 5.74) is 12.0. The summed E-state index contributed by atoms with van der Waals surface area (Å²) in [6, 6.07) is 4.40. The number of rotatable bonds is 5. The predicted octanol–water partition coefficient (Wildman–Crippen LogP) is 5.82. The summed E-state index contributed by atoms with van der Waals surface area (Å²) in [5, 5.41) is 5.72. The number of benzene rings is 1. The topological polar surface area (TPSA) is 149 Å². The fourth-order valence-electron chi connectivity index (χ4n) is 8.91. The molecule has 10 rings (SSSR count). The Kier molecular flexibility index (Phi) is 10.9. The fraction of sp³-hybridized carbons (Fsp3) is 0.488. The smallest absolute Gasteiger partial charge is 0.226 e. The van der Waals surface area contributed by atoms with Gasteiger partial charge in [0.05, 0.1) is 36.1 Å². The molecule has 16 heteroatoms. The minimum absolute atomic E-state index is 0.164. The lowest BCUT2D eigenvalue weighted by Gasteiger charge is -2.34. The largest absolute Gasteiger partial charge is 0.383 e. The lowest BCUT2D eigenvalue weighted by Crippen LogP contribution is -2.43. The number of hydrogen-bond donors (Lipinski definition) is 2. The lowest BCUT2D eigenvalue weighted by atomic mass is 9.94. The quantitative estimate of drug-likeness (QED) is 0.207. The fourth-order valence-corrected chi connectivity index (χ4v) is 11.9. The van der Waals surface area contributed by atoms with Crippen LogP contribution in [0.3, 0.4) is 0 Å². The zero-order valence-electron chi connectivity index (χ0n) is 32.8. The monoisotopic (exact) mass is 823 g/mol. The number of nitrogens with zero attached hydrogens (tertiary/aromatic N) is 9. The van der Waals surface area contributed by atoms with Crippen molar-refractivity contribution in [3.63, 3.8) is 0 Å². The highest BCUT2D eigenvalue weighted by molar-refractivity contribution is 7.98. The van der Waals surface area contributed by atoms with Crippen LogP contribution in [0.1, 0.15) is 57.7 Å². The number of likely N-dealkylation sites (tertiary alicyclic amines) is 2. The molecule has 5 aliphatic rings. The van der Waals surface area contributed by atoms with Gasteiger partial charge < -0.3 is 30.7 Å². The zero-order chi connectivity index (χ0) is 39.2. The summed E-state index contributed by atoms with van der Waals surface area (Å²) in [4.78, 5) is 62.4. The molecule has 0 saturated carbocycles. The minimum atomic E-state index is 0.164. The maximum absolute atomic E-state index is 13.2. The van der Waals surface area contributed by atoms with Gasteiger partial charge in [0.1, 0.15) is 34.0 Å². The Balaban J connectivity index is 0.000000160. The van der Waals surface area contributed by atoms with Crippen LogP contribution in [0.4, 0.5) is 17.3 Å². The van der Waals surface area contributed by atoms with Crippen LogP contribution >= 0.6 is 34.4 Å². The third kappa shape index (κ3) is 7.62. The van der Waals surface area contributed by atoms with Crippen molar-refractivity contribution in [2.24, 2.45) is 16.8 Å². The van der Waals surface area contributed by atoms with Crippen molar-refractivity contribution in [2.45, 2.75) is 63.1 Å². The van der Waals surface area contributed by atoms with Crippen molar-refractivity contribution in [3.05, 3.63) is 56.8 Å². The van der Waals surface area contributed by atoms with Gasteiger partial charge in [-0.25, -0.2) is 19.9 Å².